The van der Waals surface area contributed by atoms with Gasteiger partial charge in [-0.2, -0.15) is 0 Å². The lowest BCUT2D eigenvalue weighted by atomic mass is 9.84. The van der Waals surface area contributed by atoms with E-state index in [4.69, 9.17) is 4.74 Å². The highest BCUT2D eigenvalue weighted by molar-refractivity contribution is 5.75. The number of urea groups is 1. The summed E-state index contributed by atoms with van der Waals surface area (Å²) in [7, 11) is 0. The van der Waals surface area contributed by atoms with E-state index in [0.29, 0.717) is 12.1 Å². The minimum atomic E-state index is 0.181. The number of hydrogen-bond acceptors (Lipinski definition) is 2. The van der Waals surface area contributed by atoms with Gasteiger partial charge in [0.05, 0.1) is 0 Å². The summed E-state index contributed by atoms with van der Waals surface area (Å²) >= 11 is 0. The number of ether oxygens (including phenoxy) is 1. The lowest BCUT2D eigenvalue weighted by Crippen LogP contribution is -2.48. The molecule has 0 aromatic carbocycles. The molecule has 4 nitrogen and oxygen atoms in total. The third-order valence-electron chi connectivity index (χ3n) is 5.52. The molecule has 3 fully saturated rings. The molecule has 3 aliphatic rings. The fourth-order valence-corrected chi connectivity index (χ4v) is 4.26. The SMILES string of the molecule is O=C(NC1CCOCC1)N1CCC[C@H]1CC1CCCCC1. The number of amides is 2. The highest BCUT2D eigenvalue weighted by atomic mass is 16.5. The van der Waals surface area contributed by atoms with E-state index in [1.165, 1.54) is 51.4 Å². The first kappa shape index (κ1) is 15.1. The summed E-state index contributed by atoms with van der Waals surface area (Å²) in [6.07, 6.45) is 12.5. The monoisotopic (exact) mass is 294 g/mol. The molecule has 0 aromatic heterocycles. The topological polar surface area (TPSA) is 41.6 Å². The first-order valence-corrected chi connectivity index (χ1v) is 8.98. The molecular formula is C17H30N2O2. The molecule has 0 bridgehead atoms. The van der Waals surface area contributed by atoms with Crippen LogP contribution in [0, 0.1) is 5.92 Å². The molecule has 0 radical (unpaired) electrons. The van der Waals surface area contributed by atoms with Crippen molar-refractivity contribution in [1.82, 2.24) is 10.2 Å². The normalized spacial score (nSPS) is 28.8. The van der Waals surface area contributed by atoms with E-state index < -0.39 is 0 Å². The van der Waals surface area contributed by atoms with Crippen molar-refractivity contribution in [1.29, 1.82) is 0 Å². The maximum Gasteiger partial charge on any atom is 0.317 e. The molecule has 2 amide bonds. The van der Waals surface area contributed by atoms with Crippen molar-refractivity contribution in [3.8, 4) is 0 Å². The Morgan fingerprint density at radius 1 is 1.00 bits per heavy atom. The Morgan fingerprint density at radius 2 is 1.76 bits per heavy atom. The van der Waals surface area contributed by atoms with Crippen molar-refractivity contribution in [2.75, 3.05) is 19.8 Å². The third kappa shape index (κ3) is 4.12. The maximum absolute atomic E-state index is 12.5. The molecule has 3 rings (SSSR count). The van der Waals surface area contributed by atoms with Crippen LogP contribution in [0.2, 0.25) is 0 Å². The Labute approximate surface area is 128 Å². The summed E-state index contributed by atoms with van der Waals surface area (Å²) in [6, 6.07) is 0.996. The van der Waals surface area contributed by atoms with Crippen LogP contribution in [-0.4, -0.2) is 42.8 Å². The summed E-state index contributed by atoms with van der Waals surface area (Å²) in [5, 5.41) is 3.24. The number of carbonyl (C=O) groups is 1. The zero-order chi connectivity index (χ0) is 14.5. The molecule has 21 heavy (non-hydrogen) atoms. The smallest absolute Gasteiger partial charge is 0.317 e. The van der Waals surface area contributed by atoms with Crippen LogP contribution in [0.25, 0.3) is 0 Å². The van der Waals surface area contributed by atoms with Gasteiger partial charge < -0.3 is 15.0 Å². The van der Waals surface area contributed by atoms with E-state index in [1.807, 2.05) is 0 Å². The summed E-state index contributed by atoms with van der Waals surface area (Å²) < 4.78 is 5.36. The van der Waals surface area contributed by atoms with Crippen LogP contribution in [0.1, 0.15) is 64.2 Å². The Hall–Kier alpha value is -0.770. The van der Waals surface area contributed by atoms with E-state index in [1.54, 1.807) is 0 Å². The summed E-state index contributed by atoms with van der Waals surface area (Å²) in [6.45, 7) is 2.53. The van der Waals surface area contributed by atoms with Gasteiger partial charge in [0.2, 0.25) is 0 Å². The molecule has 1 atom stereocenters. The molecule has 120 valence electrons. The van der Waals surface area contributed by atoms with Crippen molar-refractivity contribution < 1.29 is 9.53 Å². The molecule has 1 aliphatic carbocycles. The van der Waals surface area contributed by atoms with Crippen molar-refractivity contribution in [3.63, 3.8) is 0 Å². The van der Waals surface area contributed by atoms with Crippen LogP contribution in [0.15, 0.2) is 0 Å². The van der Waals surface area contributed by atoms with Gasteiger partial charge in [0, 0.05) is 31.8 Å². The fraction of sp³-hybridized carbons (Fsp3) is 0.941. The number of likely N-dealkylation sites (tertiary alicyclic amines) is 1. The van der Waals surface area contributed by atoms with Gasteiger partial charge in [-0.25, -0.2) is 4.79 Å². The Bertz CT molecular complexity index is 336. The lowest BCUT2D eigenvalue weighted by Gasteiger charge is -2.32. The molecule has 2 saturated heterocycles. The highest BCUT2D eigenvalue weighted by Crippen LogP contribution is 2.32. The van der Waals surface area contributed by atoms with Gasteiger partial charge in [-0.15, -0.1) is 0 Å². The van der Waals surface area contributed by atoms with Crippen molar-refractivity contribution in [2.24, 2.45) is 5.92 Å². The summed E-state index contributed by atoms with van der Waals surface area (Å²) in [5.41, 5.74) is 0. The standard InChI is InChI=1S/C17H30N2O2/c20-17(18-15-8-11-21-12-9-15)19-10-4-7-16(19)13-14-5-2-1-3-6-14/h14-16H,1-13H2,(H,18,20)/t16-/m0/s1. The van der Waals surface area contributed by atoms with E-state index in [-0.39, 0.29) is 6.03 Å². The van der Waals surface area contributed by atoms with Crippen molar-refractivity contribution in [3.05, 3.63) is 0 Å². The first-order chi connectivity index (χ1) is 10.3. The summed E-state index contributed by atoms with van der Waals surface area (Å²) in [4.78, 5) is 14.7. The van der Waals surface area contributed by atoms with Crippen LogP contribution in [0.3, 0.4) is 0 Å². The molecular weight excluding hydrogens is 264 g/mol. The van der Waals surface area contributed by atoms with Gasteiger partial charge in [0.25, 0.3) is 0 Å². The average Bonchev–Trinajstić information content (AvgIpc) is 2.97. The van der Waals surface area contributed by atoms with Crippen molar-refractivity contribution in [2.45, 2.75) is 76.3 Å². The predicted octanol–water partition coefficient (Wildman–Crippen LogP) is 3.31. The molecule has 1 N–H and O–H groups in total. The first-order valence-electron chi connectivity index (χ1n) is 8.98. The molecule has 1 saturated carbocycles. The fourth-order valence-electron chi connectivity index (χ4n) is 4.26. The van der Waals surface area contributed by atoms with E-state index in [9.17, 15) is 4.79 Å². The lowest BCUT2D eigenvalue weighted by molar-refractivity contribution is 0.0774. The second-order valence-electron chi connectivity index (χ2n) is 7.07. The summed E-state index contributed by atoms with van der Waals surface area (Å²) in [5.74, 6) is 0.861. The van der Waals surface area contributed by atoms with Gasteiger partial charge in [-0.3, -0.25) is 0 Å². The van der Waals surface area contributed by atoms with Gasteiger partial charge in [-0.05, 0) is 38.0 Å². The number of nitrogens with one attached hydrogen (secondary N) is 1. The van der Waals surface area contributed by atoms with Gasteiger partial charge in [0.15, 0.2) is 0 Å². The molecule has 0 unspecified atom stereocenters. The average molecular weight is 294 g/mol. The van der Waals surface area contributed by atoms with E-state index in [0.717, 1.165) is 38.5 Å². The molecule has 0 spiro atoms. The molecule has 0 aromatic rings. The minimum Gasteiger partial charge on any atom is -0.381 e. The zero-order valence-corrected chi connectivity index (χ0v) is 13.2. The largest absolute Gasteiger partial charge is 0.381 e. The van der Waals surface area contributed by atoms with Gasteiger partial charge in [0.1, 0.15) is 0 Å². The zero-order valence-electron chi connectivity index (χ0n) is 13.2. The minimum absolute atomic E-state index is 0.181. The number of nitrogens with zero attached hydrogens (tertiary/aromatic N) is 1. The van der Waals surface area contributed by atoms with Crippen LogP contribution in [-0.2, 0) is 4.74 Å². The van der Waals surface area contributed by atoms with E-state index in [2.05, 4.69) is 10.2 Å². The van der Waals surface area contributed by atoms with Crippen LogP contribution in [0.5, 0.6) is 0 Å². The van der Waals surface area contributed by atoms with Crippen LogP contribution < -0.4 is 5.32 Å². The van der Waals surface area contributed by atoms with Crippen molar-refractivity contribution >= 4 is 6.03 Å². The quantitative estimate of drug-likeness (QED) is 0.867. The Balaban J connectivity index is 1.49. The molecule has 2 heterocycles. The highest BCUT2D eigenvalue weighted by Gasteiger charge is 2.32. The molecule has 2 aliphatic heterocycles. The Morgan fingerprint density at radius 3 is 2.52 bits per heavy atom. The Kier molecular flexibility index (Phi) is 5.39. The van der Waals surface area contributed by atoms with Crippen LogP contribution >= 0.6 is 0 Å². The maximum atomic E-state index is 12.5. The number of rotatable bonds is 3. The van der Waals surface area contributed by atoms with Gasteiger partial charge >= 0.3 is 6.03 Å². The second-order valence-corrected chi connectivity index (χ2v) is 7.07. The predicted molar refractivity (Wildman–Crippen MR) is 83.3 cm³/mol. The third-order valence-corrected chi connectivity index (χ3v) is 5.52. The number of hydrogen-bond donors (Lipinski definition) is 1. The van der Waals surface area contributed by atoms with E-state index >= 15 is 0 Å². The number of carbonyl (C=O) groups excluding carboxylic acids is 1. The van der Waals surface area contributed by atoms with Crippen LogP contribution in [0.4, 0.5) is 4.79 Å². The molecule has 4 heteroatoms. The van der Waals surface area contributed by atoms with Gasteiger partial charge in [-0.1, -0.05) is 32.1 Å². The second kappa shape index (κ2) is 7.48.